The van der Waals surface area contributed by atoms with E-state index in [1.54, 1.807) is 6.20 Å². The molecule has 0 aliphatic carbocycles. The molecule has 1 aliphatic heterocycles. The largest absolute Gasteiger partial charge is 0.480 e. The number of benzene rings is 1. The number of rotatable bonds is 9. The molecule has 0 bridgehead atoms. The highest BCUT2D eigenvalue weighted by Crippen LogP contribution is 2.32. The number of nitrogens with zero attached hydrogens (tertiary/aromatic N) is 6. The Hall–Kier alpha value is -3.75. The van der Waals surface area contributed by atoms with Crippen molar-refractivity contribution in [1.82, 2.24) is 29.4 Å². The second kappa shape index (κ2) is 10.3. The first-order valence-corrected chi connectivity index (χ1v) is 11.8. The molecule has 0 spiro atoms. The lowest BCUT2D eigenvalue weighted by atomic mass is 10.1. The molecular weight excluding hydrogens is 480 g/mol. The van der Waals surface area contributed by atoms with Gasteiger partial charge in [-0.25, -0.2) is 15.0 Å². The van der Waals surface area contributed by atoms with Crippen molar-refractivity contribution < 1.29 is 24.9 Å². The third kappa shape index (κ3) is 5.08. The number of aliphatic carboxylic acids is 1. The normalized spacial score (nSPS) is 22.7. The van der Waals surface area contributed by atoms with Crippen molar-refractivity contribution >= 4 is 33.9 Å². The van der Waals surface area contributed by atoms with Crippen molar-refractivity contribution in [1.29, 1.82) is 0 Å². The van der Waals surface area contributed by atoms with E-state index in [0.717, 1.165) is 16.5 Å². The standard InChI is InChI=1S/C24H28N8O5/c25-15(24(35)36)5-7-31(9-13-3-4-16-14(8-13)2-1-6-27-16)10-17-19(33)20(34)23(37-17)32-12-30-18-21(26)28-11-29-22(18)32/h1-4,6,8,11-12,15,17,19-20,23,33-34H,5,7,9-10,25H2,(H,35,36)(H2,26,28,29)/t15-,17+,19+,20+,23+/m0/s1. The lowest BCUT2D eigenvalue weighted by molar-refractivity contribution is -0.138. The van der Waals surface area contributed by atoms with E-state index in [-0.39, 0.29) is 18.8 Å². The summed E-state index contributed by atoms with van der Waals surface area (Å²) in [7, 11) is 0. The number of anilines is 1. The van der Waals surface area contributed by atoms with Gasteiger partial charge < -0.3 is 31.5 Å². The van der Waals surface area contributed by atoms with Gasteiger partial charge in [0.05, 0.1) is 11.8 Å². The van der Waals surface area contributed by atoms with Crippen LogP contribution in [0.15, 0.2) is 49.2 Å². The summed E-state index contributed by atoms with van der Waals surface area (Å²) in [6, 6.07) is 8.68. The summed E-state index contributed by atoms with van der Waals surface area (Å²) in [6.07, 6.45) is 0.456. The van der Waals surface area contributed by atoms with Crippen molar-refractivity contribution in [2.45, 2.75) is 43.5 Å². The van der Waals surface area contributed by atoms with Gasteiger partial charge >= 0.3 is 5.97 Å². The lowest BCUT2D eigenvalue weighted by Crippen LogP contribution is -2.42. The van der Waals surface area contributed by atoms with Crippen LogP contribution in [0, 0.1) is 0 Å². The van der Waals surface area contributed by atoms with Gasteiger partial charge in [-0.1, -0.05) is 12.1 Å². The highest BCUT2D eigenvalue weighted by molar-refractivity contribution is 5.81. The van der Waals surface area contributed by atoms with Gasteiger partial charge in [-0.2, -0.15) is 0 Å². The Kier molecular flexibility index (Phi) is 6.95. The molecule has 0 radical (unpaired) electrons. The van der Waals surface area contributed by atoms with Crippen LogP contribution in [0.1, 0.15) is 18.2 Å². The van der Waals surface area contributed by atoms with Crippen LogP contribution in [0.25, 0.3) is 22.1 Å². The zero-order valence-electron chi connectivity index (χ0n) is 19.8. The van der Waals surface area contributed by atoms with Crippen LogP contribution >= 0.6 is 0 Å². The molecule has 13 nitrogen and oxygen atoms in total. The number of carbonyl (C=O) groups is 1. The number of carboxylic acid groups (broad SMARTS) is 1. The molecule has 37 heavy (non-hydrogen) atoms. The number of hydrogen-bond acceptors (Lipinski definition) is 11. The Morgan fingerprint density at radius 2 is 2.00 bits per heavy atom. The summed E-state index contributed by atoms with van der Waals surface area (Å²) < 4.78 is 7.61. The summed E-state index contributed by atoms with van der Waals surface area (Å²) in [6.45, 7) is 1.00. The number of imidazole rings is 1. The van der Waals surface area contributed by atoms with Gasteiger partial charge in [0.1, 0.15) is 36.2 Å². The first kappa shape index (κ1) is 24.9. The maximum absolute atomic E-state index is 11.3. The summed E-state index contributed by atoms with van der Waals surface area (Å²) >= 11 is 0. The van der Waals surface area contributed by atoms with Crippen molar-refractivity contribution in [2.75, 3.05) is 18.8 Å². The number of nitrogens with two attached hydrogens (primary N) is 2. The van der Waals surface area contributed by atoms with E-state index in [9.17, 15) is 20.1 Å². The van der Waals surface area contributed by atoms with Crippen LogP contribution < -0.4 is 11.5 Å². The van der Waals surface area contributed by atoms with Crippen LogP contribution in [-0.2, 0) is 16.1 Å². The average Bonchev–Trinajstić information content (AvgIpc) is 3.44. The molecule has 5 rings (SSSR count). The zero-order chi connectivity index (χ0) is 26.1. The Balaban J connectivity index is 1.36. The van der Waals surface area contributed by atoms with Crippen molar-refractivity contribution in [3.63, 3.8) is 0 Å². The molecule has 1 fully saturated rings. The summed E-state index contributed by atoms with van der Waals surface area (Å²) in [5.41, 5.74) is 14.2. The second-order valence-corrected chi connectivity index (χ2v) is 9.13. The van der Waals surface area contributed by atoms with Crippen LogP contribution in [0.4, 0.5) is 5.82 Å². The number of aliphatic hydroxyl groups excluding tert-OH is 2. The molecule has 13 heteroatoms. The van der Waals surface area contributed by atoms with E-state index >= 15 is 0 Å². The molecule has 1 aromatic carbocycles. The minimum Gasteiger partial charge on any atom is -0.480 e. The first-order chi connectivity index (χ1) is 17.8. The second-order valence-electron chi connectivity index (χ2n) is 9.13. The fourth-order valence-corrected chi connectivity index (χ4v) is 4.58. The van der Waals surface area contributed by atoms with E-state index in [1.165, 1.54) is 17.2 Å². The SMILES string of the molecule is Nc1ncnc2c1ncn2[C@@H]1O[C@H](CN(CC[C@H](N)C(=O)O)Cc2ccc3ncccc3c2)[C@@H](O)[C@H]1O. The van der Waals surface area contributed by atoms with Crippen molar-refractivity contribution in [3.8, 4) is 0 Å². The molecule has 0 saturated carbocycles. The highest BCUT2D eigenvalue weighted by Gasteiger charge is 2.45. The number of pyridine rings is 1. The summed E-state index contributed by atoms with van der Waals surface area (Å²) in [4.78, 5) is 29.9. The maximum Gasteiger partial charge on any atom is 0.320 e. The predicted molar refractivity (Wildman–Crippen MR) is 133 cm³/mol. The first-order valence-electron chi connectivity index (χ1n) is 11.8. The number of ether oxygens (including phenoxy) is 1. The van der Waals surface area contributed by atoms with E-state index in [4.69, 9.17) is 16.2 Å². The molecule has 0 amide bonds. The average molecular weight is 509 g/mol. The maximum atomic E-state index is 11.3. The quantitative estimate of drug-likeness (QED) is 0.201. The molecule has 5 atom stereocenters. The monoisotopic (exact) mass is 508 g/mol. The van der Waals surface area contributed by atoms with Crippen LogP contribution in [0.3, 0.4) is 0 Å². The minimum atomic E-state index is -1.26. The summed E-state index contributed by atoms with van der Waals surface area (Å²) in [5.74, 6) is -0.891. The van der Waals surface area contributed by atoms with Gasteiger partial charge in [0.2, 0.25) is 0 Å². The molecule has 4 aromatic rings. The number of nitrogen functional groups attached to an aromatic ring is 1. The topological polar surface area (TPSA) is 199 Å². The Morgan fingerprint density at radius 1 is 1.16 bits per heavy atom. The van der Waals surface area contributed by atoms with Crippen LogP contribution in [0.2, 0.25) is 0 Å². The molecule has 0 unspecified atom stereocenters. The molecular formula is C24H28N8O5. The molecule has 194 valence electrons. The highest BCUT2D eigenvalue weighted by atomic mass is 16.6. The number of hydrogen-bond donors (Lipinski definition) is 5. The van der Waals surface area contributed by atoms with E-state index in [1.807, 2.05) is 35.2 Å². The van der Waals surface area contributed by atoms with E-state index < -0.39 is 36.6 Å². The molecule has 1 aliphatic rings. The minimum absolute atomic E-state index is 0.194. The molecule has 7 N–H and O–H groups in total. The molecule has 1 saturated heterocycles. The van der Waals surface area contributed by atoms with Gasteiger partial charge in [0.15, 0.2) is 17.7 Å². The van der Waals surface area contributed by atoms with Crippen LogP contribution in [0.5, 0.6) is 0 Å². The van der Waals surface area contributed by atoms with Gasteiger partial charge in [-0.05, 0) is 30.2 Å². The Labute approximate surface area is 211 Å². The van der Waals surface area contributed by atoms with Gasteiger partial charge in [0, 0.05) is 31.2 Å². The number of aliphatic hydroxyl groups is 2. The van der Waals surface area contributed by atoms with Gasteiger partial charge in [0.25, 0.3) is 0 Å². The fourth-order valence-electron chi connectivity index (χ4n) is 4.58. The number of aromatic nitrogens is 5. The summed E-state index contributed by atoms with van der Waals surface area (Å²) in [5, 5.41) is 31.9. The lowest BCUT2D eigenvalue weighted by Gasteiger charge is -2.27. The van der Waals surface area contributed by atoms with Gasteiger partial charge in [-0.15, -0.1) is 0 Å². The van der Waals surface area contributed by atoms with Crippen molar-refractivity contribution in [2.24, 2.45) is 5.73 Å². The Morgan fingerprint density at radius 3 is 2.81 bits per heavy atom. The fraction of sp³-hybridized carbons (Fsp3) is 0.375. The third-order valence-electron chi connectivity index (χ3n) is 6.58. The smallest absolute Gasteiger partial charge is 0.320 e. The van der Waals surface area contributed by atoms with Crippen LogP contribution in [-0.4, -0.2) is 88.1 Å². The predicted octanol–water partition coefficient (Wildman–Crippen LogP) is -0.120. The molecule has 3 aromatic heterocycles. The molecule has 4 heterocycles. The van der Waals surface area contributed by atoms with E-state index in [2.05, 4.69) is 19.9 Å². The van der Waals surface area contributed by atoms with E-state index in [0.29, 0.717) is 24.3 Å². The number of fused-ring (bicyclic) bond motifs is 2. The zero-order valence-corrected chi connectivity index (χ0v) is 19.8. The van der Waals surface area contributed by atoms with Crippen molar-refractivity contribution in [3.05, 3.63) is 54.7 Å². The van der Waals surface area contributed by atoms with Gasteiger partial charge in [-0.3, -0.25) is 19.2 Å². The third-order valence-corrected chi connectivity index (χ3v) is 6.58. The number of carboxylic acids is 1. The Bertz CT molecular complexity index is 1410.